The molecule has 5 aromatic rings. The lowest BCUT2D eigenvalue weighted by molar-refractivity contribution is 0.687. The van der Waals surface area contributed by atoms with Crippen molar-refractivity contribution in [1.29, 1.82) is 0 Å². The first-order valence-corrected chi connectivity index (χ1v) is 9.51. The molecule has 2 aromatic carbocycles. The van der Waals surface area contributed by atoms with Crippen molar-refractivity contribution in [2.24, 2.45) is 0 Å². The maximum atomic E-state index is 12.4. The molecule has 0 spiro atoms. The summed E-state index contributed by atoms with van der Waals surface area (Å²) in [7, 11) is 0. The van der Waals surface area contributed by atoms with Crippen LogP contribution >= 0.6 is 0 Å². The monoisotopic (exact) mass is 398 g/mol. The Morgan fingerprint density at radius 3 is 2.20 bits per heavy atom. The average Bonchev–Trinajstić information content (AvgIpc) is 3.40. The Balaban J connectivity index is 1.54. The van der Waals surface area contributed by atoms with Gasteiger partial charge in [-0.2, -0.15) is 5.10 Å². The van der Waals surface area contributed by atoms with Crippen molar-refractivity contribution in [2.75, 3.05) is 0 Å². The van der Waals surface area contributed by atoms with Gasteiger partial charge in [-0.1, -0.05) is 60.7 Å². The number of aromatic nitrogens is 6. The normalized spacial score (nSPS) is 11.2. The Bertz CT molecular complexity index is 1430. The van der Waals surface area contributed by atoms with Gasteiger partial charge >= 0.3 is 5.69 Å². The second kappa shape index (κ2) is 7.32. The van der Waals surface area contributed by atoms with E-state index in [2.05, 4.69) is 20.1 Å². The highest BCUT2D eigenvalue weighted by atomic mass is 16.2. The second-order valence-corrected chi connectivity index (χ2v) is 7.03. The molecular formula is C22H18N6O2. The lowest BCUT2D eigenvalue weighted by Crippen LogP contribution is -2.30. The van der Waals surface area contributed by atoms with E-state index in [1.54, 1.807) is 10.9 Å². The Morgan fingerprint density at radius 1 is 0.833 bits per heavy atom. The first-order valence-electron chi connectivity index (χ1n) is 9.51. The molecule has 3 aromatic heterocycles. The van der Waals surface area contributed by atoms with Crippen molar-refractivity contribution in [3.63, 3.8) is 0 Å². The van der Waals surface area contributed by atoms with Gasteiger partial charge in [-0.15, -0.1) is 0 Å². The maximum absolute atomic E-state index is 12.4. The van der Waals surface area contributed by atoms with Gasteiger partial charge in [0.1, 0.15) is 11.3 Å². The third-order valence-corrected chi connectivity index (χ3v) is 4.91. The number of hydrogen-bond acceptors (Lipinski definition) is 4. The minimum atomic E-state index is -0.492. The van der Waals surface area contributed by atoms with E-state index in [1.165, 1.54) is 4.57 Å². The molecule has 8 nitrogen and oxygen atoms in total. The zero-order valence-electron chi connectivity index (χ0n) is 15.9. The van der Waals surface area contributed by atoms with E-state index >= 15 is 0 Å². The van der Waals surface area contributed by atoms with Crippen LogP contribution in [0.25, 0.3) is 22.6 Å². The van der Waals surface area contributed by atoms with Gasteiger partial charge in [-0.05, 0) is 11.1 Å². The van der Waals surface area contributed by atoms with Crippen LogP contribution in [0.5, 0.6) is 0 Å². The molecule has 5 rings (SSSR count). The minimum absolute atomic E-state index is 0.261. The number of imidazole rings is 1. The van der Waals surface area contributed by atoms with E-state index in [0.29, 0.717) is 24.6 Å². The van der Waals surface area contributed by atoms with Crippen molar-refractivity contribution in [2.45, 2.75) is 13.1 Å². The van der Waals surface area contributed by atoms with Crippen LogP contribution in [0.15, 0.2) is 82.6 Å². The highest BCUT2D eigenvalue weighted by molar-refractivity contribution is 5.75. The van der Waals surface area contributed by atoms with E-state index in [0.717, 1.165) is 16.7 Å². The molecule has 0 aliphatic heterocycles. The lowest BCUT2D eigenvalue weighted by atomic mass is 10.2. The third-order valence-electron chi connectivity index (χ3n) is 4.91. The molecule has 30 heavy (non-hydrogen) atoms. The van der Waals surface area contributed by atoms with Crippen molar-refractivity contribution < 1.29 is 0 Å². The molecule has 0 atom stereocenters. The zero-order valence-corrected chi connectivity index (χ0v) is 15.9. The summed E-state index contributed by atoms with van der Waals surface area (Å²) in [6, 6.07) is 19.6. The highest BCUT2D eigenvalue weighted by Crippen LogP contribution is 2.18. The summed E-state index contributed by atoms with van der Waals surface area (Å²) in [5, 5.41) is 4.39. The molecule has 0 saturated heterocycles. The molecule has 0 fully saturated rings. The quantitative estimate of drug-likeness (QED) is 0.475. The van der Waals surface area contributed by atoms with Gasteiger partial charge in [0.15, 0.2) is 5.65 Å². The fourth-order valence-corrected chi connectivity index (χ4v) is 3.43. The number of fused-ring (bicyclic) bond motifs is 1. The van der Waals surface area contributed by atoms with Gasteiger partial charge in [-0.3, -0.25) is 19.0 Å². The molecule has 2 N–H and O–H groups in total. The Kier molecular flexibility index (Phi) is 4.36. The molecule has 0 unspecified atom stereocenters. The van der Waals surface area contributed by atoms with Gasteiger partial charge in [0.05, 0.1) is 24.8 Å². The van der Waals surface area contributed by atoms with Crippen LogP contribution in [0.1, 0.15) is 11.1 Å². The molecule has 3 heterocycles. The number of benzene rings is 2. The van der Waals surface area contributed by atoms with Gasteiger partial charge in [0.2, 0.25) is 0 Å². The topological polar surface area (TPSA) is 101 Å². The molecule has 0 radical (unpaired) electrons. The van der Waals surface area contributed by atoms with Gasteiger partial charge < -0.3 is 4.98 Å². The molecule has 8 heteroatoms. The Labute approximate surface area is 170 Å². The van der Waals surface area contributed by atoms with Crippen LogP contribution in [-0.4, -0.2) is 29.3 Å². The first-order chi connectivity index (χ1) is 14.7. The largest absolute Gasteiger partial charge is 0.332 e. The molecule has 0 bridgehead atoms. The number of aromatic amines is 2. The Hall–Kier alpha value is -4.20. The maximum Gasteiger partial charge on any atom is 0.330 e. The van der Waals surface area contributed by atoms with Gasteiger partial charge in [0, 0.05) is 6.20 Å². The van der Waals surface area contributed by atoms with E-state index < -0.39 is 11.2 Å². The fraction of sp³-hybridized carbons (Fsp3) is 0.0909. The van der Waals surface area contributed by atoms with Crippen molar-refractivity contribution >= 4 is 11.2 Å². The van der Waals surface area contributed by atoms with Crippen molar-refractivity contribution in [1.82, 2.24) is 29.3 Å². The summed E-state index contributed by atoms with van der Waals surface area (Å²) in [4.78, 5) is 34.7. The smallest absolute Gasteiger partial charge is 0.330 e. The standard InChI is InChI=1S/C22H18N6O2/c29-21-18-20(28(22(30)26-21)13-16-9-5-2-6-10-16)25-19(24-18)17-11-23-27(14-17)12-15-7-3-1-4-8-15/h1-11,14H,12-13H2,(H,24,25)(H,26,29,30). The van der Waals surface area contributed by atoms with Gasteiger partial charge in [0.25, 0.3) is 5.56 Å². The van der Waals surface area contributed by atoms with E-state index in [4.69, 9.17) is 0 Å². The van der Waals surface area contributed by atoms with Crippen LogP contribution in [0.2, 0.25) is 0 Å². The summed E-state index contributed by atoms with van der Waals surface area (Å²) in [6.45, 7) is 0.935. The van der Waals surface area contributed by atoms with Crippen molar-refractivity contribution in [3.05, 3.63) is 105 Å². The molecule has 0 aliphatic rings. The number of nitrogens with one attached hydrogen (secondary N) is 2. The van der Waals surface area contributed by atoms with E-state index in [-0.39, 0.29) is 5.52 Å². The number of rotatable bonds is 5. The molecule has 148 valence electrons. The second-order valence-electron chi connectivity index (χ2n) is 7.03. The molecular weight excluding hydrogens is 380 g/mol. The predicted octanol–water partition coefficient (Wildman–Crippen LogP) is 2.37. The van der Waals surface area contributed by atoms with Crippen LogP contribution in [0, 0.1) is 0 Å². The average molecular weight is 398 g/mol. The lowest BCUT2D eigenvalue weighted by Gasteiger charge is -2.05. The zero-order chi connectivity index (χ0) is 20.5. The summed E-state index contributed by atoms with van der Waals surface area (Å²) in [5.41, 5.74) is 2.40. The minimum Gasteiger partial charge on any atom is -0.332 e. The van der Waals surface area contributed by atoms with Gasteiger partial charge in [-0.25, -0.2) is 9.78 Å². The molecule has 0 aliphatic carbocycles. The van der Waals surface area contributed by atoms with Crippen molar-refractivity contribution in [3.8, 4) is 11.4 Å². The summed E-state index contributed by atoms with van der Waals surface area (Å²) in [5.74, 6) is 0.488. The van der Waals surface area contributed by atoms with Crippen LogP contribution in [0.3, 0.4) is 0 Å². The molecule has 0 saturated carbocycles. The van der Waals surface area contributed by atoms with E-state index in [1.807, 2.05) is 66.9 Å². The van der Waals surface area contributed by atoms with Crippen LogP contribution in [0.4, 0.5) is 0 Å². The summed E-state index contributed by atoms with van der Waals surface area (Å²) < 4.78 is 3.26. The fourth-order valence-electron chi connectivity index (χ4n) is 3.43. The van der Waals surface area contributed by atoms with Crippen LogP contribution in [-0.2, 0) is 13.1 Å². The SMILES string of the molecule is O=c1[nH]c(=O)n(Cc2ccccc2)c2nc(-c3cnn(Cc4ccccc4)c3)[nH]c12. The third kappa shape index (κ3) is 3.35. The summed E-state index contributed by atoms with van der Waals surface area (Å²) in [6.07, 6.45) is 3.55. The summed E-state index contributed by atoms with van der Waals surface area (Å²) >= 11 is 0. The molecule has 0 amide bonds. The first kappa shape index (κ1) is 17.9. The highest BCUT2D eigenvalue weighted by Gasteiger charge is 2.15. The van der Waals surface area contributed by atoms with E-state index in [9.17, 15) is 9.59 Å². The number of H-pyrrole nitrogens is 2. The number of nitrogens with zero attached hydrogens (tertiary/aromatic N) is 4. The number of hydrogen-bond donors (Lipinski definition) is 2. The van der Waals surface area contributed by atoms with Crippen LogP contribution < -0.4 is 11.2 Å². The Morgan fingerprint density at radius 2 is 1.50 bits per heavy atom. The predicted molar refractivity (Wildman–Crippen MR) is 113 cm³/mol.